The third kappa shape index (κ3) is 15.6. The van der Waals surface area contributed by atoms with Crippen LogP contribution in [0, 0.1) is 0 Å². The van der Waals surface area contributed by atoms with Crippen LogP contribution in [0.3, 0.4) is 0 Å². The minimum atomic E-state index is 0.000663. The fourth-order valence-corrected chi connectivity index (χ4v) is 3.75. The van der Waals surface area contributed by atoms with Crippen molar-refractivity contribution in [2.75, 3.05) is 52.9 Å². The molecule has 0 heterocycles. The van der Waals surface area contributed by atoms with Gasteiger partial charge in [-0.25, -0.2) is 0 Å². The summed E-state index contributed by atoms with van der Waals surface area (Å²) in [6, 6.07) is 16.4. The molecule has 0 N–H and O–H groups in total. The number of carbonyl (C=O) groups excluding carboxylic acids is 1. The van der Waals surface area contributed by atoms with Crippen LogP contribution in [0.5, 0.6) is 5.75 Å². The molecule has 0 saturated carbocycles. The molecule has 2 aromatic rings. The van der Waals surface area contributed by atoms with Gasteiger partial charge in [0.1, 0.15) is 19.0 Å². The van der Waals surface area contributed by atoms with Crippen LogP contribution in [0.4, 0.5) is 0 Å². The van der Waals surface area contributed by atoms with Crippen molar-refractivity contribution in [3.8, 4) is 5.75 Å². The Morgan fingerprint density at radius 3 is 1.84 bits per heavy atom. The predicted octanol–water partition coefficient (Wildman–Crippen LogP) is 7.02. The van der Waals surface area contributed by atoms with Crippen LogP contribution >= 0.6 is 0 Å². The molecule has 0 atom stereocenters. The van der Waals surface area contributed by atoms with Gasteiger partial charge in [-0.1, -0.05) is 75.8 Å². The molecule has 38 heavy (non-hydrogen) atoms. The lowest BCUT2D eigenvalue weighted by molar-refractivity contribution is 0.00258. The lowest BCUT2D eigenvalue weighted by Crippen LogP contribution is -2.13. The summed E-state index contributed by atoms with van der Waals surface area (Å²) in [4.78, 5) is 12.4. The van der Waals surface area contributed by atoms with Crippen LogP contribution in [0.2, 0.25) is 0 Å². The van der Waals surface area contributed by atoms with Crippen molar-refractivity contribution >= 4 is 5.78 Å². The molecule has 6 heteroatoms. The summed E-state index contributed by atoms with van der Waals surface area (Å²) in [6.07, 6.45) is 14.3. The second-order valence-corrected chi connectivity index (χ2v) is 9.06. The van der Waals surface area contributed by atoms with E-state index in [0.717, 1.165) is 6.42 Å². The Labute approximate surface area is 229 Å². The highest BCUT2D eigenvalue weighted by Gasteiger charge is 2.08. The first-order valence-electron chi connectivity index (χ1n) is 14.1. The summed E-state index contributed by atoms with van der Waals surface area (Å²) < 4.78 is 27.7. The lowest BCUT2D eigenvalue weighted by atomic mass is 10.0. The van der Waals surface area contributed by atoms with Gasteiger partial charge in [0.25, 0.3) is 0 Å². The van der Waals surface area contributed by atoms with Crippen LogP contribution in [0.25, 0.3) is 0 Å². The van der Waals surface area contributed by atoms with Gasteiger partial charge in [-0.3, -0.25) is 4.79 Å². The van der Waals surface area contributed by atoms with E-state index in [9.17, 15) is 4.79 Å². The zero-order valence-electron chi connectivity index (χ0n) is 23.1. The van der Waals surface area contributed by atoms with Crippen molar-refractivity contribution in [1.29, 1.82) is 0 Å². The largest absolute Gasteiger partial charge is 0.499 e. The summed E-state index contributed by atoms with van der Waals surface area (Å²) in [5.41, 5.74) is 1.31. The molecule has 0 bridgehead atoms. The zero-order valence-corrected chi connectivity index (χ0v) is 23.1. The van der Waals surface area contributed by atoms with E-state index >= 15 is 0 Å². The molecular weight excluding hydrogens is 480 g/mol. The van der Waals surface area contributed by atoms with Crippen molar-refractivity contribution in [3.63, 3.8) is 0 Å². The third-order valence-corrected chi connectivity index (χ3v) is 5.91. The summed E-state index contributed by atoms with van der Waals surface area (Å²) in [7, 11) is 0. The van der Waals surface area contributed by atoms with E-state index in [4.69, 9.17) is 23.7 Å². The average Bonchev–Trinajstić information content (AvgIpc) is 2.96. The number of hydrogen-bond donors (Lipinski definition) is 0. The maximum atomic E-state index is 12.4. The van der Waals surface area contributed by atoms with Crippen LogP contribution in [0.1, 0.15) is 74.2 Å². The second kappa shape index (κ2) is 22.3. The number of hydrogen-bond acceptors (Lipinski definition) is 6. The van der Waals surface area contributed by atoms with Gasteiger partial charge in [0.15, 0.2) is 5.78 Å². The summed E-state index contributed by atoms with van der Waals surface area (Å²) in [6.45, 7) is 6.35. The number of allylic oxidation sites excluding steroid dienone is 1. The average molecular weight is 527 g/mol. The van der Waals surface area contributed by atoms with Gasteiger partial charge in [-0.15, -0.1) is 0 Å². The first kappa shape index (κ1) is 31.5. The molecule has 0 unspecified atom stereocenters. The highest BCUT2D eigenvalue weighted by Crippen LogP contribution is 2.15. The van der Waals surface area contributed by atoms with Crippen molar-refractivity contribution in [2.24, 2.45) is 0 Å². The fourth-order valence-electron chi connectivity index (χ4n) is 3.75. The maximum Gasteiger partial charge on any atom is 0.193 e. The van der Waals surface area contributed by atoms with Crippen LogP contribution in [-0.2, 0) is 18.9 Å². The van der Waals surface area contributed by atoms with Gasteiger partial charge in [0, 0.05) is 11.1 Å². The van der Waals surface area contributed by atoms with Gasteiger partial charge >= 0.3 is 0 Å². The molecular formula is C32H46O6. The predicted molar refractivity (Wildman–Crippen MR) is 152 cm³/mol. The molecule has 0 radical (unpaired) electrons. The number of rotatable bonds is 24. The number of ether oxygens (including phenoxy) is 5. The molecule has 0 aliphatic rings. The Balaban J connectivity index is 1.33. The molecule has 2 aromatic carbocycles. The molecule has 0 aliphatic heterocycles. The van der Waals surface area contributed by atoms with E-state index in [1.54, 1.807) is 30.5 Å². The van der Waals surface area contributed by atoms with Crippen LogP contribution in [-0.4, -0.2) is 58.6 Å². The lowest BCUT2D eigenvalue weighted by Gasteiger charge is -2.09. The number of carbonyl (C=O) groups is 1. The maximum absolute atomic E-state index is 12.4. The quantitative estimate of drug-likeness (QED) is 0.0832. The normalized spacial score (nSPS) is 11.2. The third-order valence-electron chi connectivity index (χ3n) is 5.91. The number of ketones is 1. The molecule has 2 rings (SSSR count). The molecule has 0 spiro atoms. The van der Waals surface area contributed by atoms with Crippen molar-refractivity contribution in [3.05, 3.63) is 78.1 Å². The molecule has 0 saturated heterocycles. The smallest absolute Gasteiger partial charge is 0.193 e. The first-order chi connectivity index (χ1) is 18.8. The Bertz CT molecular complexity index is 850. The highest BCUT2D eigenvalue weighted by atomic mass is 16.6. The summed E-state index contributed by atoms with van der Waals surface area (Å²) in [5, 5.41) is 0. The minimum absolute atomic E-state index is 0.000663. The zero-order chi connectivity index (χ0) is 26.9. The Morgan fingerprint density at radius 1 is 0.632 bits per heavy atom. The Morgan fingerprint density at radius 2 is 1.18 bits per heavy atom. The van der Waals surface area contributed by atoms with Gasteiger partial charge in [0.05, 0.1) is 45.9 Å². The molecule has 210 valence electrons. The number of unbranched alkanes of at least 4 members (excludes halogenated alkanes) is 7. The van der Waals surface area contributed by atoms with Crippen molar-refractivity contribution in [1.82, 2.24) is 0 Å². The van der Waals surface area contributed by atoms with Gasteiger partial charge in [-0.2, -0.15) is 0 Å². The monoisotopic (exact) mass is 526 g/mol. The van der Waals surface area contributed by atoms with Gasteiger partial charge in [0.2, 0.25) is 0 Å². The first-order valence-corrected chi connectivity index (χ1v) is 14.1. The molecule has 6 nitrogen and oxygen atoms in total. The summed E-state index contributed by atoms with van der Waals surface area (Å²) >= 11 is 0. The van der Waals surface area contributed by atoms with Gasteiger partial charge < -0.3 is 23.7 Å². The number of benzene rings is 2. The molecule has 0 amide bonds. The van der Waals surface area contributed by atoms with Crippen LogP contribution in [0.15, 0.2) is 66.9 Å². The standard InChI is InChI=1S/C32H46O6/c1-2-3-4-5-6-7-8-9-13-20-34-21-22-35-23-24-36-25-26-37-27-28-38-31-18-16-30(17-19-31)32(33)29-14-11-10-12-15-29/h10-20H,2-9,21-28H2,1H3. The summed E-state index contributed by atoms with van der Waals surface area (Å²) in [5.74, 6) is 0.708. The van der Waals surface area contributed by atoms with E-state index in [1.807, 2.05) is 30.3 Å². The fraction of sp³-hybridized carbons (Fsp3) is 0.531. The van der Waals surface area contributed by atoms with Crippen LogP contribution < -0.4 is 4.74 Å². The topological polar surface area (TPSA) is 63.2 Å². The Kier molecular flexibility index (Phi) is 18.5. The second-order valence-electron chi connectivity index (χ2n) is 9.06. The van der Waals surface area contributed by atoms with E-state index in [1.165, 1.54) is 44.9 Å². The molecule has 0 aromatic heterocycles. The molecule has 0 fully saturated rings. The van der Waals surface area contributed by atoms with E-state index in [2.05, 4.69) is 13.0 Å². The van der Waals surface area contributed by atoms with E-state index < -0.39 is 0 Å². The van der Waals surface area contributed by atoms with Gasteiger partial charge in [-0.05, 0) is 43.2 Å². The highest BCUT2D eigenvalue weighted by molar-refractivity contribution is 6.08. The minimum Gasteiger partial charge on any atom is -0.499 e. The molecule has 0 aliphatic carbocycles. The Hall–Kier alpha value is -2.67. The van der Waals surface area contributed by atoms with E-state index in [0.29, 0.717) is 69.7 Å². The van der Waals surface area contributed by atoms with E-state index in [-0.39, 0.29) is 5.78 Å². The van der Waals surface area contributed by atoms with Crippen molar-refractivity contribution in [2.45, 2.75) is 58.3 Å². The van der Waals surface area contributed by atoms with Crippen molar-refractivity contribution < 1.29 is 28.5 Å². The SMILES string of the molecule is CCCCCCCCCC=COCCOCCOCCOCCOc1ccc(C(=O)c2ccccc2)cc1.